The highest BCUT2D eigenvalue weighted by Crippen LogP contribution is 2.07. The fourth-order valence-corrected chi connectivity index (χ4v) is 1.52. The Hall–Kier alpha value is -1.79. The first-order valence-corrected chi connectivity index (χ1v) is 6.99. The summed E-state index contributed by atoms with van der Waals surface area (Å²) in [7, 11) is 1.51. The molecule has 0 spiro atoms. The van der Waals surface area contributed by atoms with Crippen LogP contribution in [0.4, 0.5) is 4.79 Å². The number of hydrogen-bond donors (Lipinski definition) is 3. The Morgan fingerprint density at radius 2 is 1.48 bits per heavy atom. The molecule has 21 heavy (non-hydrogen) atoms. The van der Waals surface area contributed by atoms with E-state index in [1.54, 1.807) is 20.8 Å². The summed E-state index contributed by atoms with van der Waals surface area (Å²) in [4.78, 5) is 35.3. The first-order chi connectivity index (χ1) is 9.47. The number of ether oxygens (including phenoxy) is 1. The molecule has 122 valence electrons. The van der Waals surface area contributed by atoms with Gasteiger partial charge in [-0.2, -0.15) is 0 Å². The molecule has 0 aliphatic heterocycles. The first-order valence-electron chi connectivity index (χ1n) is 6.99. The minimum absolute atomic E-state index is 0.0670. The molecule has 1 unspecified atom stereocenters. The van der Waals surface area contributed by atoms with Gasteiger partial charge in [0, 0.05) is 7.05 Å². The molecule has 0 aliphatic carbocycles. The van der Waals surface area contributed by atoms with Gasteiger partial charge in [0.25, 0.3) is 0 Å². The molecule has 0 aliphatic rings. The SMILES string of the molecule is CNC(=O)[C@@H](NC(=O)C(C)NC(=O)OC(C)(C)C)C(C)C. The third kappa shape index (κ3) is 7.53. The van der Waals surface area contributed by atoms with E-state index in [1.807, 2.05) is 13.8 Å². The van der Waals surface area contributed by atoms with Gasteiger partial charge in [-0.1, -0.05) is 13.8 Å². The molecule has 0 saturated carbocycles. The highest BCUT2D eigenvalue weighted by atomic mass is 16.6. The van der Waals surface area contributed by atoms with E-state index >= 15 is 0 Å². The van der Waals surface area contributed by atoms with Gasteiger partial charge in [0.15, 0.2) is 0 Å². The van der Waals surface area contributed by atoms with E-state index < -0.39 is 29.7 Å². The molecular weight excluding hydrogens is 274 g/mol. The second-order valence-corrected chi connectivity index (χ2v) is 6.21. The molecule has 0 aromatic heterocycles. The molecule has 7 nitrogen and oxygen atoms in total. The van der Waals surface area contributed by atoms with Crippen LogP contribution in [0.3, 0.4) is 0 Å². The zero-order valence-corrected chi connectivity index (χ0v) is 13.9. The van der Waals surface area contributed by atoms with Crippen LogP contribution in [0.1, 0.15) is 41.5 Å². The van der Waals surface area contributed by atoms with Crippen molar-refractivity contribution in [2.75, 3.05) is 7.05 Å². The van der Waals surface area contributed by atoms with Crippen LogP contribution in [0.2, 0.25) is 0 Å². The van der Waals surface area contributed by atoms with E-state index in [1.165, 1.54) is 14.0 Å². The summed E-state index contributed by atoms with van der Waals surface area (Å²) >= 11 is 0. The molecule has 0 fully saturated rings. The molecule has 0 aromatic rings. The summed E-state index contributed by atoms with van der Waals surface area (Å²) in [5.41, 5.74) is -0.636. The van der Waals surface area contributed by atoms with E-state index in [2.05, 4.69) is 16.0 Å². The van der Waals surface area contributed by atoms with E-state index in [0.29, 0.717) is 0 Å². The monoisotopic (exact) mass is 301 g/mol. The Kier molecular flexibility index (Phi) is 7.18. The number of amides is 3. The number of likely N-dealkylation sites (N-methyl/N-ethyl adjacent to an activating group) is 1. The maximum absolute atomic E-state index is 12.0. The number of rotatable bonds is 5. The zero-order chi connectivity index (χ0) is 16.8. The smallest absolute Gasteiger partial charge is 0.408 e. The van der Waals surface area contributed by atoms with E-state index in [0.717, 1.165) is 0 Å². The van der Waals surface area contributed by atoms with E-state index in [9.17, 15) is 14.4 Å². The van der Waals surface area contributed by atoms with E-state index in [4.69, 9.17) is 4.74 Å². The number of alkyl carbamates (subject to hydrolysis) is 1. The topological polar surface area (TPSA) is 96.5 Å². The van der Waals surface area contributed by atoms with Gasteiger partial charge in [-0.3, -0.25) is 9.59 Å². The molecule has 0 rings (SSSR count). The van der Waals surface area contributed by atoms with Crippen molar-refractivity contribution in [3.63, 3.8) is 0 Å². The second kappa shape index (κ2) is 7.85. The fraction of sp³-hybridized carbons (Fsp3) is 0.786. The lowest BCUT2D eigenvalue weighted by molar-refractivity contribution is -0.130. The zero-order valence-electron chi connectivity index (χ0n) is 13.9. The molecule has 3 N–H and O–H groups in total. The van der Waals surface area contributed by atoms with Crippen LogP contribution in [-0.4, -0.2) is 42.6 Å². The summed E-state index contributed by atoms with van der Waals surface area (Å²) in [6, 6.07) is -1.45. The van der Waals surface area contributed by atoms with Crippen molar-refractivity contribution in [1.82, 2.24) is 16.0 Å². The lowest BCUT2D eigenvalue weighted by Crippen LogP contribution is -2.54. The van der Waals surface area contributed by atoms with Crippen molar-refractivity contribution in [3.8, 4) is 0 Å². The van der Waals surface area contributed by atoms with Gasteiger partial charge in [-0.25, -0.2) is 4.79 Å². The standard InChI is InChI=1S/C14H27N3O4/c1-8(2)10(12(19)15-7)17-11(18)9(3)16-13(20)21-14(4,5)6/h8-10H,1-7H3,(H,15,19)(H,16,20)(H,17,18)/t9?,10-/m0/s1. The molecular formula is C14H27N3O4. The Morgan fingerprint density at radius 3 is 1.86 bits per heavy atom. The molecule has 2 atom stereocenters. The average molecular weight is 301 g/mol. The summed E-state index contributed by atoms with van der Waals surface area (Å²) in [6.45, 7) is 10.4. The van der Waals surface area contributed by atoms with Crippen molar-refractivity contribution in [2.45, 2.75) is 59.2 Å². The van der Waals surface area contributed by atoms with Crippen molar-refractivity contribution < 1.29 is 19.1 Å². The second-order valence-electron chi connectivity index (χ2n) is 6.21. The van der Waals surface area contributed by atoms with Gasteiger partial charge < -0.3 is 20.7 Å². The maximum Gasteiger partial charge on any atom is 0.408 e. The normalized spacial score (nSPS) is 14.1. The summed E-state index contributed by atoms with van der Waals surface area (Å²) in [5.74, 6) is -0.784. The Bertz CT molecular complexity index is 388. The van der Waals surface area contributed by atoms with Gasteiger partial charge in [-0.05, 0) is 33.6 Å². The van der Waals surface area contributed by atoms with Gasteiger partial charge >= 0.3 is 6.09 Å². The lowest BCUT2D eigenvalue weighted by Gasteiger charge is -2.24. The predicted octanol–water partition coefficient (Wildman–Crippen LogP) is 0.786. The number of hydrogen-bond acceptors (Lipinski definition) is 4. The Labute approximate surface area is 126 Å². The Balaban J connectivity index is 4.57. The Morgan fingerprint density at radius 1 is 0.952 bits per heavy atom. The highest BCUT2D eigenvalue weighted by Gasteiger charge is 2.27. The average Bonchev–Trinajstić information content (AvgIpc) is 2.31. The molecule has 0 aromatic carbocycles. The quantitative estimate of drug-likeness (QED) is 0.699. The largest absolute Gasteiger partial charge is 0.444 e. The summed E-state index contributed by atoms with van der Waals surface area (Å²) in [5, 5.41) is 7.54. The van der Waals surface area contributed by atoms with Crippen LogP contribution in [0.25, 0.3) is 0 Å². The lowest BCUT2D eigenvalue weighted by atomic mass is 10.0. The van der Waals surface area contributed by atoms with Gasteiger partial charge in [0.2, 0.25) is 11.8 Å². The fourth-order valence-electron chi connectivity index (χ4n) is 1.52. The van der Waals surface area contributed by atoms with Gasteiger partial charge in [-0.15, -0.1) is 0 Å². The van der Waals surface area contributed by atoms with Gasteiger partial charge in [0.1, 0.15) is 17.7 Å². The van der Waals surface area contributed by atoms with Gasteiger partial charge in [0.05, 0.1) is 0 Å². The number of nitrogens with one attached hydrogen (secondary N) is 3. The first kappa shape index (κ1) is 19.2. The molecule has 3 amide bonds. The van der Waals surface area contributed by atoms with Crippen LogP contribution in [0.15, 0.2) is 0 Å². The predicted molar refractivity (Wildman–Crippen MR) is 79.7 cm³/mol. The van der Waals surface area contributed by atoms with Crippen LogP contribution in [0, 0.1) is 5.92 Å². The molecule has 0 bridgehead atoms. The summed E-state index contributed by atoms with van der Waals surface area (Å²) < 4.78 is 5.07. The molecule has 0 heterocycles. The van der Waals surface area contributed by atoms with E-state index in [-0.39, 0.29) is 11.8 Å². The number of carbonyl (C=O) groups excluding carboxylic acids is 3. The van der Waals surface area contributed by atoms with Crippen molar-refractivity contribution in [1.29, 1.82) is 0 Å². The number of carbonyl (C=O) groups is 3. The third-order valence-corrected chi connectivity index (χ3v) is 2.62. The third-order valence-electron chi connectivity index (χ3n) is 2.62. The minimum Gasteiger partial charge on any atom is -0.444 e. The van der Waals surface area contributed by atoms with Crippen LogP contribution in [0.5, 0.6) is 0 Å². The van der Waals surface area contributed by atoms with Crippen LogP contribution >= 0.6 is 0 Å². The maximum atomic E-state index is 12.0. The highest BCUT2D eigenvalue weighted by molar-refractivity contribution is 5.91. The van der Waals surface area contributed by atoms with Crippen molar-refractivity contribution >= 4 is 17.9 Å². The summed E-state index contributed by atoms with van der Waals surface area (Å²) in [6.07, 6.45) is -0.675. The van der Waals surface area contributed by atoms with Crippen molar-refractivity contribution in [3.05, 3.63) is 0 Å². The van der Waals surface area contributed by atoms with Crippen molar-refractivity contribution in [2.24, 2.45) is 5.92 Å². The van der Waals surface area contributed by atoms with Crippen LogP contribution in [-0.2, 0) is 14.3 Å². The molecule has 0 radical (unpaired) electrons. The molecule has 7 heteroatoms. The van der Waals surface area contributed by atoms with Crippen LogP contribution < -0.4 is 16.0 Å². The minimum atomic E-state index is -0.800. The molecule has 0 saturated heterocycles.